The van der Waals surface area contributed by atoms with Gasteiger partial charge in [-0.25, -0.2) is 0 Å². The zero-order valence-electron chi connectivity index (χ0n) is 10.6. The number of carboxylic acid groups (broad SMARTS) is 1. The van der Waals surface area contributed by atoms with Crippen LogP contribution in [0.5, 0.6) is 0 Å². The minimum atomic E-state index is -0.836. The molecular formula is C13H21NO3. The van der Waals surface area contributed by atoms with E-state index >= 15 is 0 Å². The fourth-order valence-electron chi connectivity index (χ4n) is 3.21. The van der Waals surface area contributed by atoms with Gasteiger partial charge in [-0.2, -0.15) is 0 Å². The topological polar surface area (TPSA) is 57.6 Å². The molecule has 1 N–H and O–H groups in total. The van der Waals surface area contributed by atoms with Gasteiger partial charge in [-0.15, -0.1) is 0 Å². The summed E-state index contributed by atoms with van der Waals surface area (Å²) in [4.78, 5) is 24.7. The summed E-state index contributed by atoms with van der Waals surface area (Å²) in [5.41, 5.74) is 0. The second kappa shape index (κ2) is 4.67. The third kappa shape index (κ3) is 2.31. The van der Waals surface area contributed by atoms with E-state index in [9.17, 15) is 9.59 Å². The monoisotopic (exact) mass is 239 g/mol. The standard InChI is InChI=1S/C13H21NO3/c1-8-4-3-5-11(9(8)2)14-7-10(13(16)17)6-12(14)15/h8-11H,3-7H2,1-2H3,(H,16,17)/t8-,9+,10-,11-/m0/s1. The molecule has 0 spiro atoms. The molecule has 0 aromatic carbocycles. The first-order chi connectivity index (χ1) is 8.00. The fraction of sp³-hybridized carbons (Fsp3) is 0.846. The lowest BCUT2D eigenvalue weighted by atomic mass is 9.77. The molecule has 0 aromatic heterocycles. The lowest BCUT2D eigenvalue weighted by Crippen LogP contribution is -2.45. The van der Waals surface area contributed by atoms with Crippen LogP contribution in [-0.2, 0) is 9.59 Å². The average molecular weight is 239 g/mol. The minimum Gasteiger partial charge on any atom is -0.481 e. The Bertz CT molecular complexity index is 329. The van der Waals surface area contributed by atoms with Gasteiger partial charge >= 0.3 is 5.97 Å². The maximum absolute atomic E-state index is 11.9. The van der Waals surface area contributed by atoms with Crippen molar-refractivity contribution in [3.8, 4) is 0 Å². The fourth-order valence-corrected chi connectivity index (χ4v) is 3.21. The van der Waals surface area contributed by atoms with Crippen molar-refractivity contribution in [2.75, 3.05) is 6.54 Å². The molecule has 4 nitrogen and oxygen atoms in total. The van der Waals surface area contributed by atoms with Gasteiger partial charge in [0.2, 0.25) is 5.91 Å². The van der Waals surface area contributed by atoms with Crippen LogP contribution in [0.3, 0.4) is 0 Å². The van der Waals surface area contributed by atoms with E-state index in [0.29, 0.717) is 18.4 Å². The number of carbonyl (C=O) groups is 2. The van der Waals surface area contributed by atoms with Crippen molar-refractivity contribution in [3.63, 3.8) is 0 Å². The predicted octanol–water partition coefficient (Wildman–Crippen LogP) is 1.74. The van der Waals surface area contributed by atoms with Crippen LogP contribution in [0.4, 0.5) is 0 Å². The van der Waals surface area contributed by atoms with Gasteiger partial charge in [0.1, 0.15) is 0 Å². The van der Waals surface area contributed by atoms with Crippen LogP contribution in [-0.4, -0.2) is 34.5 Å². The van der Waals surface area contributed by atoms with Gasteiger partial charge in [0, 0.05) is 19.0 Å². The SMILES string of the molecule is C[C@@H]1[C@@H](C)CCC[C@@H]1N1C[C@@H](C(=O)O)CC1=O. The first-order valence-electron chi connectivity index (χ1n) is 6.53. The summed E-state index contributed by atoms with van der Waals surface area (Å²) in [5, 5.41) is 8.99. The van der Waals surface area contributed by atoms with E-state index in [0.717, 1.165) is 12.8 Å². The molecule has 1 aliphatic carbocycles. The predicted molar refractivity (Wildman–Crippen MR) is 63.4 cm³/mol. The van der Waals surface area contributed by atoms with E-state index in [1.807, 2.05) is 4.90 Å². The molecule has 96 valence electrons. The van der Waals surface area contributed by atoms with Crippen molar-refractivity contribution < 1.29 is 14.7 Å². The zero-order chi connectivity index (χ0) is 12.6. The van der Waals surface area contributed by atoms with Crippen LogP contribution in [0.2, 0.25) is 0 Å². The third-order valence-corrected chi connectivity index (χ3v) is 4.57. The number of rotatable bonds is 2. The summed E-state index contributed by atoms with van der Waals surface area (Å²) < 4.78 is 0. The summed E-state index contributed by atoms with van der Waals surface area (Å²) in [5.74, 6) is -0.182. The largest absolute Gasteiger partial charge is 0.481 e. The molecule has 1 saturated carbocycles. The van der Waals surface area contributed by atoms with Crippen LogP contribution in [0.1, 0.15) is 39.5 Å². The van der Waals surface area contributed by atoms with Crippen molar-refractivity contribution in [2.45, 2.75) is 45.6 Å². The first kappa shape index (κ1) is 12.4. The van der Waals surface area contributed by atoms with Crippen molar-refractivity contribution in [1.82, 2.24) is 4.90 Å². The van der Waals surface area contributed by atoms with E-state index in [2.05, 4.69) is 13.8 Å². The lowest BCUT2D eigenvalue weighted by molar-refractivity contribution is -0.141. The Morgan fingerprint density at radius 1 is 1.35 bits per heavy atom. The summed E-state index contributed by atoms with van der Waals surface area (Å²) in [7, 11) is 0. The molecule has 17 heavy (non-hydrogen) atoms. The second-order valence-electron chi connectivity index (χ2n) is 5.62. The summed E-state index contributed by atoms with van der Waals surface area (Å²) in [6.07, 6.45) is 3.59. The van der Waals surface area contributed by atoms with E-state index in [1.54, 1.807) is 0 Å². The van der Waals surface area contributed by atoms with Crippen molar-refractivity contribution >= 4 is 11.9 Å². The minimum absolute atomic E-state index is 0.0309. The molecule has 1 saturated heterocycles. The lowest BCUT2D eigenvalue weighted by Gasteiger charge is -2.39. The van der Waals surface area contributed by atoms with E-state index in [1.165, 1.54) is 6.42 Å². The van der Waals surface area contributed by atoms with Crippen molar-refractivity contribution in [1.29, 1.82) is 0 Å². The van der Waals surface area contributed by atoms with Gasteiger partial charge < -0.3 is 10.0 Å². The number of likely N-dealkylation sites (tertiary alicyclic amines) is 1. The maximum Gasteiger partial charge on any atom is 0.308 e. The number of nitrogens with zero attached hydrogens (tertiary/aromatic N) is 1. The van der Waals surface area contributed by atoms with Crippen LogP contribution in [0.15, 0.2) is 0 Å². The van der Waals surface area contributed by atoms with Gasteiger partial charge in [0.05, 0.1) is 5.92 Å². The van der Waals surface area contributed by atoms with Crippen molar-refractivity contribution in [3.05, 3.63) is 0 Å². The molecule has 0 bridgehead atoms. The quantitative estimate of drug-likeness (QED) is 0.798. The smallest absolute Gasteiger partial charge is 0.308 e. The highest BCUT2D eigenvalue weighted by atomic mass is 16.4. The number of aliphatic carboxylic acids is 1. The molecule has 2 aliphatic rings. The van der Waals surface area contributed by atoms with Crippen LogP contribution in [0, 0.1) is 17.8 Å². The second-order valence-corrected chi connectivity index (χ2v) is 5.62. The molecule has 0 unspecified atom stereocenters. The first-order valence-corrected chi connectivity index (χ1v) is 6.53. The highest BCUT2D eigenvalue weighted by Gasteiger charge is 2.41. The third-order valence-electron chi connectivity index (χ3n) is 4.57. The van der Waals surface area contributed by atoms with Crippen LogP contribution in [0.25, 0.3) is 0 Å². The normalized spacial score (nSPS) is 38.5. The molecule has 1 aliphatic heterocycles. The highest BCUT2D eigenvalue weighted by molar-refractivity contribution is 5.86. The molecule has 4 heteroatoms. The molecule has 2 rings (SSSR count). The van der Waals surface area contributed by atoms with E-state index < -0.39 is 11.9 Å². The van der Waals surface area contributed by atoms with Crippen molar-refractivity contribution in [2.24, 2.45) is 17.8 Å². The highest BCUT2D eigenvalue weighted by Crippen LogP contribution is 2.35. The van der Waals surface area contributed by atoms with Gasteiger partial charge in [0.15, 0.2) is 0 Å². The van der Waals surface area contributed by atoms with E-state index in [-0.39, 0.29) is 18.4 Å². The number of carbonyl (C=O) groups excluding carboxylic acids is 1. The molecule has 4 atom stereocenters. The Labute approximate surface area is 102 Å². The molecule has 0 radical (unpaired) electrons. The van der Waals surface area contributed by atoms with Gasteiger partial charge in [-0.1, -0.05) is 26.7 Å². The Hall–Kier alpha value is -1.06. The van der Waals surface area contributed by atoms with Gasteiger partial charge in [-0.3, -0.25) is 9.59 Å². The number of hydrogen-bond donors (Lipinski definition) is 1. The summed E-state index contributed by atoms with van der Waals surface area (Å²) >= 11 is 0. The van der Waals surface area contributed by atoms with Gasteiger partial charge in [0.25, 0.3) is 0 Å². The Morgan fingerprint density at radius 3 is 2.65 bits per heavy atom. The zero-order valence-corrected chi connectivity index (χ0v) is 10.6. The number of amides is 1. The Balaban J connectivity index is 2.07. The summed E-state index contributed by atoms with van der Waals surface area (Å²) in [6.45, 7) is 4.83. The number of hydrogen-bond acceptors (Lipinski definition) is 2. The number of carboxylic acids is 1. The maximum atomic E-state index is 11.9. The Morgan fingerprint density at radius 2 is 2.06 bits per heavy atom. The molecule has 2 fully saturated rings. The molecule has 0 aromatic rings. The summed E-state index contributed by atoms with van der Waals surface area (Å²) in [6, 6.07) is 0.260. The van der Waals surface area contributed by atoms with Crippen LogP contribution >= 0.6 is 0 Å². The average Bonchev–Trinajstić information content (AvgIpc) is 2.65. The van der Waals surface area contributed by atoms with Crippen LogP contribution < -0.4 is 0 Å². The molecule has 1 amide bonds. The molecule has 1 heterocycles. The van der Waals surface area contributed by atoms with E-state index in [4.69, 9.17) is 5.11 Å². The molecular weight excluding hydrogens is 218 g/mol. The van der Waals surface area contributed by atoms with Gasteiger partial charge in [-0.05, 0) is 18.3 Å². The Kier molecular flexibility index (Phi) is 3.40.